The Morgan fingerprint density at radius 1 is 1.38 bits per heavy atom. The summed E-state index contributed by atoms with van der Waals surface area (Å²) in [4.78, 5) is 38.7. The maximum atomic E-state index is 12.7. The highest BCUT2D eigenvalue weighted by Gasteiger charge is 2.33. The number of allylic oxidation sites excluding steroid dienone is 2. The highest BCUT2D eigenvalue weighted by atomic mass is 16.5. The van der Waals surface area contributed by atoms with Gasteiger partial charge in [-0.15, -0.1) is 0 Å². The van der Waals surface area contributed by atoms with E-state index in [4.69, 9.17) is 4.74 Å². The Hall–Kier alpha value is -1.89. The van der Waals surface area contributed by atoms with Gasteiger partial charge < -0.3 is 20.1 Å². The van der Waals surface area contributed by atoms with E-state index in [0.717, 1.165) is 12.8 Å². The normalized spacial score (nSPS) is 27.3. The summed E-state index contributed by atoms with van der Waals surface area (Å²) in [5.41, 5.74) is -0.696. The molecule has 0 saturated carbocycles. The number of carbonyl (C=O) groups excluding carboxylic acids is 3. The van der Waals surface area contributed by atoms with Crippen LogP contribution in [0.15, 0.2) is 12.2 Å². The Labute approximate surface area is 154 Å². The smallest absolute Gasteiger partial charge is 0.306 e. The second kappa shape index (κ2) is 9.16. The van der Waals surface area contributed by atoms with Crippen molar-refractivity contribution in [3.63, 3.8) is 0 Å². The van der Waals surface area contributed by atoms with Crippen molar-refractivity contribution in [1.29, 1.82) is 0 Å². The van der Waals surface area contributed by atoms with Crippen LogP contribution in [0.25, 0.3) is 0 Å². The maximum Gasteiger partial charge on any atom is 0.306 e. The van der Waals surface area contributed by atoms with Crippen LogP contribution in [0, 0.1) is 5.92 Å². The zero-order valence-corrected chi connectivity index (χ0v) is 15.7. The van der Waals surface area contributed by atoms with E-state index in [0.29, 0.717) is 25.8 Å². The summed E-state index contributed by atoms with van der Waals surface area (Å²) in [7, 11) is 0. The van der Waals surface area contributed by atoms with Gasteiger partial charge >= 0.3 is 5.97 Å². The summed E-state index contributed by atoms with van der Waals surface area (Å²) in [5, 5.41) is 12.3. The molecular weight excluding hydrogens is 336 g/mol. The number of aliphatic hydroxyl groups is 1. The van der Waals surface area contributed by atoms with Crippen molar-refractivity contribution >= 4 is 17.8 Å². The van der Waals surface area contributed by atoms with Gasteiger partial charge in [0.2, 0.25) is 11.8 Å². The number of ether oxygens (including phenoxy) is 1. The molecule has 2 unspecified atom stereocenters. The van der Waals surface area contributed by atoms with Crippen molar-refractivity contribution in [2.24, 2.45) is 5.92 Å². The highest BCUT2D eigenvalue weighted by Crippen LogP contribution is 2.22. The predicted octanol–water partition coefficient (Wildman–Crippen LogP) is 1.15. The Morgan fingerprint density at radius 3 is 2.88 bits per heavy atom. The van der Waals surface area contributed by atoms with E-state index >= 15 is 0 Å². The van der Waals surface area contributed by atoms with Gasteiger partial charge in [-0.05, 0) is 39.5 Å². The number of carbonyl (C=O) groups is 3. The number of hydrogen-bond donors (Lipinski definition) is 2. The molecule has 0 aromatic carbocycles. The van der Waals surface area contributed by atoms with Gasteiger partial charge in [0.15, 0.2) is 0 Å². The Kier molecular flexibility index (Phi) is 7.20. The molecule has 1 saturated heterocycles. The van der Waals surface area contributed by atoms with Gasteiger partial charge in [-0.3, -0.25) is 14.4 Å². The molecule has 7 nitrogen and oxygen atoms in total. The van der Waals surface area contributed by atoms with Gasteiger partial charge in [0.1, 0.15) is 6.61 Å². The molecule has 2 aliphatic rings. The molecular formula is C19H30N2O5. The first-order chi connectivity index (χ1) is 12.3. The first-order valence-electron chi connectivity index (χ1n) is 9.35. The second-order valence-corrected chi connectivity index (χ2v) is 7.75. The predicted molar refractivity (Wildman–Crippen MR) is 96.1 cm³/mol. The molecule has 2 rings (SSSR count). The van der Waals surface area contributed by atoms with Crippen molar-refractivity contribution in [3.8, 4) is 0 Å². The fourth-order valence-electron chi connectivity index (χ4n) is 3.35. The minimum atomic E-state index is -0.696. The van der Waals surface area contributed by atoms with Gasteiger partial charge in [0.25, 0.3) is 0 Å². The average molecular weight is 366 g/mol. The van der Waals surface area contributed by atoms with E-state index in [-0.39, 0.29) is 43.5 Å². The third kappa shape index (κ3) is 5.83. The van der Waals surface area contributed by atoms with Gasteiger partial charge in [-0.2, -0.15) is 0 Å². The van der Waals surface area contributed by atoms with Gasteiger partial charge in [-0.1, -0.05) is 12.2 Å². The Bertz CT molecular complexity index is 558. The van der Waals surface area contributed by atoms with Crippen LogP contribution < -0.4 is 5.32 Å². The van der Waals surface area contributed by atoms with Crippen LogP contribution in [-0.2, 0) is 19.1 Å². The standard InChI is InChI=1S/C19H30N2O5/c1-19(2)13-26-17(24)9-5-3-4-7-14(18(25)20-19)11-16(23)21-10-6-8-15(21)12-22/h3-4,14-15,22H,5-13H2,1-2H3,(H,20,25). The van der Waals surface area contributed by atoms with E-state index in [2.05, 4.69) is 5.32 Å². The van der Waals surface area contributed by atoms with Crippen LogP contribution in [0.1, 0.15) is 52.4 Å². The van der Waals surface area contributed by atoms with Crippen molar-refractivity contribution in [1.82, 2.24) is 10.2 Å². The molecule has 0 aliphatic carbocycles. The van der Waals surface area contributed by atoms with Crippen molar-refractivity contribution < 1.29 is 24.2 Å². The number of hydrogen-bond acceptors (Lipinski definition) is 5. The number of nitrogens with one attached hydrogen (secondary N) is 1. The van der Waals surface area contributed by atoms with Crippen LogP contribution in [0.2, 0.25) is 0 Å². The van der Waals surface area contributed by atoms with Gasteiger partial charge in [-0.25, -0.2) is 0 Å². The number of likely N-dealkylation sites (tertiary alicyclic amines) is 1. The molecule has 2 heterocycles. The lowest BCUT2D eigenvalue weighted by Crippen LogP contribution is -2.50. The number of esters is 1. The maximum absolute atomic E-state index is 12.7. The van der Waals surface area contributed by atoms with Gasteiger partial charge in [0.05, 0.1) is 24.1 Å². The second-order valence-electron chi connectivity index (χ2n) is 7.75. The summed E-state index contributed by atoms with van der Waals surface area (Å²) >= 11 is 0. The zero-order chi connectivity index (χ0) is 19.2. The van der Waals surface area contributed by atoms with E-state index in [1.165, 1.54) is 0 Å². The van der Waals surface area contributed by atoms with Crippen LogP contribution in [0.4, 0.5) is 0 Å². The molecule has 0 spiro atoms. The minimum Gasteiger partial charge on any atom is -0.463 e. The number of nitrogens with zero attached hydrogens (tertiary/aromatic N) is 1. The molecule has 146 valence electrons. The third-order valence-electron chi connectivity index (χ3n) is 4.86. The Balaban J connectivity index is 2.07. The van der Waals surface area contributed by atoms with Crippen LogP contribution in [0.3, 0.4) is 0 Å². The van der Waals surface area contributed by atoms with E-state index < -0.39 is 11.5 Å². The summed E-state index contributed by atoms with van der Waals surface area (Å²) in [6, 6.07) is -0.136. The topological polar surface area (TPSA) is 95.9 Å². The number of cyclic esters (lactones) is 1. The fourth-order valence-corrected chi connectivity index (χ4v) is 3.35. The zero-order valence-electron chi connectivity index (χ0n) is 15.7. The lowest BCUT2D eigenvalue weighted by atomic mass is 9.96. The lowest BCUT2D eigenvalue weighted by molar-refractivity contribution is -0.146. The summed E-state index contributed by atoms with van der Waals surface area (Å²) in [6.07, 6.45) is 6.81. The van der Waals surface area contributed by atoms with E-state index in [9.17, 15) is 19.5 Å². The molecule has 0 radical (unpaired) electrons. The number of amides is 2. The molecule has 0 bridgehead atoms. The molecule has 0 aromatic rings. The first kappa shape index (κ1) is 20.4. The quantitative estimate of drug-likeness (QED) is 0.577. The van der Waals surface area contributed by atoms with Gasteiger partial charge in [0, 0.05) is 19.4 Å². The molecule has 2 aliphatic heterocycles. The van der Waals surface area contributed by atoms with Crippen molar-refractivity contribution in [2.45, 2.75) is 64.0 Å². The number of rotatable bonds is 3. The summed E-state index contributed by atoms with van der Waals surface area (Å²) in [6.45, 7) is 4.28. The molecule has 2 atom stereocenters. The molecule has 0 aromatic heterocycles. The van der Waals surface area contributed by atoms with E-state index in [1.54, 1.807) is 18.7 Å². The van der Waals surface area contributed by atoms with Crippen LogP contribution in [-0.4, -0.2) is 59.1 Å². The number of aliphatic hydroxyl groups excluding tert-OH is 1. The minimum absolute atomic E-state index is 0.0408. The largest absolute Gasteiger partial charge is 0.463 e. The molecule has 26 heavy (non-hydrogen) atoms. The molecule has 1 fully saturated rings. The first-order valence-corrected chi connectivity index (χ1v) is 9.35. The third-order valence-corrected chi connectivity index (χ3v) is 4.86. The summed E-state index contributed by atoms with van der Waals surface area (Å²) in [5.74, 6) is -1.07. The highest BCUT2D eigenvalue weighted by molar-refractivity contribution is 5.86. The van der Waals surface area contributed by atoms with Crippen molar-refractivity contribution in [2.75, 3.05) is 19.8 Å². The van der Waals surface area contributed by atoms with Crippen molar-refractivity contribution in [3.05, 3.63) is 12.2 Å². The SMILES string of the molecule is CC1(C)COC(=O)CCC=CCC(CC(=O)N2CCCC2CO)C(=O)N1. The molecule has 2 N–H and O–H groups in total. The monoisotopic (exact) mass is 366 g/mol. The van der Waals surface area contributed by atoms with Crippen LogP contribution in [0.5, 0.6) is 0 Å². The molecule has 2 amide bonds. The lowest BCUT2D eigenvalue weighted by Gasteiger charge is -2.29. The van der Waals surface area contributed by atoms with E-state index in [1.807, 2.05) is 12.2 Å². The van der Waals surface area contributed by atoms with Crippen LogP contribution >= 0.6 is 0 Å². The summed E-state index contributed by atoms with van der Waals surface area (Å²) < 4.78 is 5.21. The molecule has 7 heteroatoms. The average Bonchev–Trinajstić information content (AvgIpc) is 3.06. The fraction of sp³-hybridized carbons (Fsp3) is 0.737. The Morgan fingerprint density at radius 2 is 2.15 bits per heavy atom.